The molecule has 1 aliphatic heterocycles. The summed E-state index contributed by atoms with van der Waals surface area (Å²) in [4.78, 5) is 54.5. The van der Waals surface area contributed by atoms with Crippen LogP contribution in [-0.2, 0) is 25.3 Å². The summed E-state index contributed by atoms with van der Waals surface area (Å²) in [7, 11) is 4.39. The van der Waals surface area contributed by atoms with Crippen LogP contribution in [0, 0.1) is 6.92 Å². The molecule has 0 radical (unpaired) electrons. The van der Waals surface area contributed by atoms with Gasteiger partial charge in [-0.2, -0.15) is 0 Å². The Kier molecular flexibility index (Phi) is 8.97. The molecule has 2 aromatic heterocycles. The lowest BCUT2D eigenvalue weighted by Gasteiger charge is -2.20. The molecular formula is C34H34Cl2N6O5. The van der Waals surface area contributed by atoms with Gasteiger partial charge in [0, 0.05) is 72.7 Å². The van der Waals surface area contributed by atoms with E-state index in [1.165, 1.54) is 24.9 Å². The first-order valence-corrected chi connectivity index (χ1v) is 16.0. The summed E-state index contributed by atoms with van der Waals surface area (Å²) < 4.78 is 7.84. The average molecular weight is 678 g/mol. The molecule has 6 rings (SSSR count). The number of fused-ring (bicyclic) bond motifs is 1. The Morgan fingerprint density at radius 2 is 1.83 bits per heavy atom. The Morgan fingerprint density at radius 1 is 1.06 bits per heavy atom. The smallest absolute Gasteiger partial charge is 0.330 e. The summed E-state index contributed by atoms with van der Waals surface area (Å²) in [5.74, 6) is -0.0561. The number of methoxy groups -OCH3 is 1. The summed E-state index contributed by atoms with van der Waals surface area (Å²) in [6.07, 6.45) is 4.32. The van der Waals surface area contributed by atoms with Crippen LogP contribution in [0.1, 0.15) is 52.4 Å². The number of halogens is 2. The molecule has 2 atom stereocenters. The molecule has 1 aliphatic carbocycles. The van der Waals surface area contributed by atoms with Gasteiger partial charge in [0.05, 0.1) is 17.8 Å². The third-order valence-corrected chi connectivity index (χ3v) is 9.55. The van der Waals surface area contributed by atoms with E-state index in [1.54, 1.807) is 19.2 Å². The fraction of sp³-hybridized carbons (Fsp3) is 0.324. The van der Waals surface area contributed by atoms with Crippen LogP contribution in [0.15, 0.2) is 52.2 Å². The highest BCUT2D eigenvalue weighted by Crippen LogP contribution is 2.43. The molecule has 47 heavy (non-hydrogen) atoms. The molecule has 13 heteroatoms. The second-order valence-corrected chi connectivity index (χ2v) is 12.8. The highest BCUT2D eigenvalue weighted by molar-refractivity contribution is 6.36. The summed E-state index contributed by atoms with van der Waals surface area (Å²) in [6.45, 7) is 2.50. The zero-order valence-corrected chi connectivity index (χ0v) is 27.9. The van der Waals surface area contributed by atoms with Crippen LogP contribution < -0.4 is 31.9 Å². The van der Waals surface area contributed by atoms with E-state index in [4.69, 9.17) is 32.9 Å². The van der Waals surface area contributed by atoms with Crippen LogP contribution in [0.25, 0.3) is 22.4 Å². The molecule has 0 bridgehead atoms. The van der Waals surface area contributed by atoms with E-state index in [1.807, 2.05) is 31.2 Å². The van der Waals surface area contributed by atoms with Crippen LogP contribution in [0.2, 0.25) is 10.0 Å². The van der Waals surface area contributed by atoms with Crippen molar-refractivity contribution in [2.45, 2.75) is 44.7 Å². The molecule has 0 saturated carbocycles. The van der Waals surface area contributed by atoms with E-state index < -0.39 is 17.2 Å². The number of carbonyl (C=O) groups excluding carboxylic acids is 2. The van der Waals surface area contributed by atoms with Crippen molar-refractivity contribution in [3.63, 3.8) is 0 Å². The minimum Gasteiger partial charge on any atom is -0.481 e. The Balaban J connectivity index is 1.32. The van der Waals surface area contributed by atoms with Gasteiger partial charge >= 0.3 is 5.69 Å². The highest BCUT2D eigenvalue weighted by Gasteiger charge is 2.30. The Hall–Kier alpha value is -4.45. The molecule has 1 fully saturated rings. The van der Waals surface area contributed by atoms with Crippen molar-refractivity contribution in [3.05, 3.63) is 95.7 Å². The van der Waals surface area contributed by atoms with Gasteiger partial charge in [-0.3, -0.25) is 19.0 Å². The number of aromatic nitrogens is 3. The third-order valence-electron chi connectivity index (χ3n) is 8.93. The van der Waals surface area contributed by atoms with Crippen LogP contribution in [0.4, 0.5) is 5.69 Å². The number of pyridine rings is 1. The standard InChI is InChI=1S/C34H34Cl2N6O5/c1-17-23(13-19(35)14-26(17)39-31(44)24-16-41(2)34(46)42(3)33(24)45)21-6-5-7-22(30(21)36)27-12-18-8-10-25(29(18)32(40-27)47-4)37-15-20-9-11-28(43)38-20/h5-7,12-14,16,20,25,37H,8-11,15H2,1-4H3,(H,38,43)(H,39,44)/t20-,25-/m0/s1. The van der Waals surface area contributed by atoms with E-state index in [-0.39, 0.29) is 23.6 Å². The molecule has 11 nitrogen and oxygen atoms in total. The molecule has 3 N–H and O–H groups in total. The maximum absolute atomic E-state index is 13.2. The van der Waals surface area contributed by atoms with Crippen LogP contribution in [0.5, 0.6) is 5.88 Å². The first-order chi connectivity index (χ1) is 22.5. The number of benzene rings is 2. The van der Waals surface area contributed by atoms with E-state index in [9.17, 15) is 19.2 Å². The van der Waals surface area contributed by atoms with Crippen molar-refractivity contribution in [3.8, 4) is 28.3 Å². The molecule has 244 valence electrons. The van der Waals surface area contributed by atoms with Gasteiger partial charge in [0.15, 0.2) is 0 Å². The average Bonchev–Trinajstić information content (AvgIpc) is 3.67. The van der Waals surface area contributed by atoms with Crippen molar-refractivity contribution in [2.75, 3.05) is 19.0 Å². The minimum atomic E-state index is -0.706. The molecule has 2 aromatic carbocycles. The number of ether oxygens (including phenoxy) is 1. The fourth-order valence-electron chi connectivity index (χ4n) is 6.40. The van der Waals surface area contributed by atoms with Crippen molar-refractivity contribution in [1.29, 1.82) is 0 Å². The molecule has 0 unspecified atom stereocenters. The zero-order chi connectivity index (χ0) is 33.6. The topological polar surface area (TPSA) is 136 Å². The van der Waals surface area contributed by atoms with E-state index in [2.05, 4.69) is 16.0 Å². The molecular weight excluding hydrogens is 643 g/mol. The lowest BCUT2D eigenvalue weighted by atomic mass is 9.96. The van der Waals surface area contributed by atoms with Crippen molar-refractivity contribution in [2.24, 2.45) is 14.1 Å². The number of hydrogen-bond acceptors (Lipinski definition) is 7. The normalized spacial score (nSPS) is 17.0. The Bertz CT molecular complexity index is 2060. The second kappa shape index (κ2) is 13.0. The lowest BCUT2D eigenvalue weighted by molar-refractivity contribution is -0.119. The van der Waals surface area contributed by atoms with Crippen molar-refractivity contribution >= 4 is 40.7 Å². The number of nitrogens with zero attached hydrogens (tertiary/aromatic N) is 3. The van der Waals surface area contributed by atoms with E-state index >= 15 is 0 Å². The quantitative estimate of drug-likeness (QED) is 0.249. The summed E-state index contributed by atoms with van der Waals surface area (Å²) in [6, 6.07) is 11.2. The van der Waals surface area contributed by atoms with Gasteiger partial charge in [0.2, 0.25) is 11.8 Å². The number of carbonyl (C=O) groups is 2. The zero-order valence-electron chi connectivity index (χ0n) is 26.4. The summed E-state index contributed by atoms with van der Waals surface area (Å²) in [5, 5.41) is 10.2. The molecule has 4 aromatic rings. The summed E-state index contributed by atoms with van der Waals surface area (Å²) >= 11 is 13.6. The minimum absolute atomic E-state index is 0.0597. The first-order valence-electron chi connectivity index (χ1n) is 15.2. The molecule has 1 saturated heterocycles. The number of amides is 2. The van der Waals surface area contributed by atoms with Crippen LogP contribution in [-0.4, -0.2) is 45.6 Å². The number of nitrogens with one attached hydrogen (secondary N) is 3. The van der Waals surface area contributed by atoms with E-state index in [0.717, 1.165) is 35.0 Å². The maximum Gasteiger partial charge on any atom is 0.330 e. The van der Waals surface area contributed by atoms with Gasteiger partial charge in [-0.05, 0) is 61.1 Å². The number of anilines is 1. The maximum atomic E-state index is 13.2. The van der Waals surface area contributed by atoms with Crippen LogP contribution in [0.3, 0.4) is 0 Å². The summed E-state index contributed by atoms with van der Waals surface area (Å²) in [5.41, 5.74) is 4.51. The third kappa shape index (κ3) is 6.18. The van der Waals surface area contributed by atoms with Gasteiger partial charge < -0.3 is 25.3 Å². The molecule has 3 heterocycles. The number of rotatable bonds is 8. The fourth-order valence-corrected chi connectivity index (χ4v) is 6.94. The number of hydrogen-bond donors (Lipinski definition) is 3. The SMILES string of the molecule is COc1nc(-c2cccc(-c3cc(Cl)cc(NC(=O)c4cn(C)c(=O)n(C)c4=O)c3C)c2Cl)cc2c1[C@@H](NC[C@@H]1CCC(=O)N1)CC2. The monoisotopic (exact) mass is 676 g/mol. The van der Waals surface area contributed by atoms with Gasteiger partial charge in [-0.1, -0.05) is 41.4 Å². The predicted octanol–water partition coefficient (Wildman–Crippen LogP) is 4.54. The highest BCUT2D eigenvalue weighted by atomic mass is 35.5. The second-order valence-electron chi connectivity index (χ2n) is 11.9. The van der Waals surface area contributed by atoms with E-state index in [0.29, 0.717) is 62.5 Å². The van der Waals surface area contributed by atoms with Gasteiger partial charge in [-0.25, -0.2) is 9.78 Å². The molecule has 0 spiro atoms. The molecule has 2 amide bonds. The predicted molar refractivity (Wildman–Crippen MR) is 182 cm³/mol. The number of aryl methyl sites for hydroxylation is 2. The Labute approximate surface area is 280 Å². The van der Waals surface area contributed by atoms with Gasteiger partial charge in [0.1, 0.15) is 5.56 Å². The molecule has 2 aliphatic rings. The van der Waals surface area contributed by atoms with Crippen molar-refractivity contribution in [1.82, 2.24) is 24.8 Å². The van der Waals surface area contributed by atoms with Crippen molar-refractivity contribution < 1.29 is 14.3 Å². The van der Waals surface area contributed by atoms with Gasteiger partial charge in [-0.15, -0.1) is 0 Å². The first kappa shape index (κ1) is 32.5. The van der Waals surface area contributed by atoms with Gasteiger partial charge in [0.25, 0.3) is 11.5 Å². The Morgan fingerprint density at radius 3 is 2.55 bits per heavy atom. The lowest BCUT2D eigenvalue weighted by Crippen LogP contribution is -2.40. The van der Waals surface area contributed by atoms with Crippen LogP contribution >= 0.6 is 23.2 Å². The largest absolute Gasteiger partial charge is 0.481 e.